The molecule has 4 heteroatoms. The third-order valence-corrected chi connectivity index (χ3v) is 5.10. The summed E-state index contributed by atoms with van der Waals surface area (Å²) in [4.78, 5) is 2.24. The zero-order chi connectivity index (χ0) is 12.4. The van der Waals surface area contributed by atoms with E-state index < -0.39 is 5.38 Å². The fourth-order valence-electron chi connectivity index (χ4n) is 1.62. The average molecular weight is 334 g/mol. The number of thiophene rings is 1. The largest absolute Gasteiger partial charge is 0.207 e. The molecule has 1 aromatic carbocycles. The van der Waals surface area contributed by atoms with Gasteiger partial charge in [0.05, 0.1) is 5.38 Å². The number of aryl methyl sites for hydroxylation is 1. The highest BCUT2D eigenvalue weighted by atomic mass is 79.9. The second-order valence-electron chi connectivity index (χ2n) is 3.66. The van der Waals surface area contributed by atoms with E-state index in [2.05, 4.69) is 22.9 Å². The van der Waals surface area contributed by atoms with Crippen LogP contribution in [0.1, 0.15) is 27.6 Å². The highest BCUT2D eigenvalue weighted by Gasteiger charge is 2.19. The molecule has 0 amide bonds. The van der Waals surface area contributed by atoms with Crippen LogP contribution in [-0.2, 0) is 6.42 Å². The molecule has 0 spiro atoms. The summed E-state index contributed by atoms with van der Waals surface area (Å²) in [5.74, 6) is -0.272. The molecule has 1 heterocycles. The Morgan fingerprint density at radius 2 is 2.12 bits per heavy atom. The van der Waals surface area contributed by atoms with Gasteiger partial charge in [-0.15, -0.1) is 22.9 Å². The Morgan fingerprint density at radius 1 is 1.35 bits per heavy atom. The van der Waals surface area contributed by atoms with E-state index in [1.54, 1.807) is 17.4 Å². The summed E-state index contributed by atoms with van der Waals surface area (Å²) in [5, 5.41) is -0.434. The Kier molecular flexibility index (Phi) is 4.23. The Labute approximate surface area is 118 Å². The van der Waals surface area contributed by atoms with Crippen molar-refractivity contribution in [1.29, 1.82) is 0 Å². The fourth-order valence-corrected chi connectivity index (χ4v) is 3.69. The monoisotopic (exact) mass is 332 g/mol. The van der Waals surface area contributed by atoms with Crippen LogP contribution in [-0.4, -0.2) is 0 Å². The minimum absolute atomic E-state index is 0.272. The molecule has 1 unspecified atom stereocenters. The van der Waals surface area contributed by atoms with Gasteiger partial charge in [-0.2, -0.15) is 0 Å². The van der Waals surface area contributed by atoms with Gasteiger partial charge in [-0.25, -0.2) is 4.39 Å². The predicted molar refractivity (Wildman–Crippen MR) is 75.5 cm³/mol. The first kappa shape index (κ1) is 13.1. The fraction of sp³-hybridized carbons (Fsp3) is 0.231. The Morgan fingerprint density at radius 3 is 2.71 bits per heavy atom. The van der Waals surface area contributed by atoms with Crippen molar-refractivity contribution in [2.24, 2.45) is 0 Å². The number of alkyl halides is 1. The Bertz CT molecular complexity index is 504. The van der Waals surface area contributed by atoms with Gasteiger partial charge in [0.1, 0.15) is 5.82 Å². The lowest BCUT2D eigenvalue weighted by atomic mass is 10.1. The first-order valence-electron chi connectivity index (χ1n) is 5.30. The molecule has 2 rings (SSSR count). The molecule has 0 saturated heterocycles. The first-order valence-corrected chi connectivity index (χ1v) is 7.34. The van der Waals surface area contributed by atoms with Gasteiger partial charge in [0, 0.05) is 19.8 Å². The zero-order valence-corrected chi connectivity index (χ0v) is 12.4. The molecule has 1 aromatic heterocycles. The maximum atomic E-state index is 13.8. The van der Waals surface area contributed by atoms with Gasteiger partial charge in [0.15, 0.2) is 0 Å². The van der Waals surface area contributed by atoms with Crippen LogP contribution in [0.3, 0.4) is 0 Å². The molecule has 0 nitrogen and oxygen atoms in total. The number of benzene rings is 1. The molecule has 0 aliphatic rings. The lowest BCUT2D eigenvalue weighted by Crippen LogP contribution is -1.96. The van der Waals surface area contributed by atoms with E-state index in [-0.39, 0.29) is 5.82 Å². The van der Waals surface area contributed by atoms with E-state index in [1.165, 1.54) is 10.9 Å². The van der Waals surface area contributed by atoms with E-state index in [1.807, 2.05) is 18.2 Å². The minimum Gasteiger partial charge on any atom is -0.207 e. The van der Waals surface area contributed by atoms with Crippen LogP contribution >= 0.6 is 38.9 Å². The van der Waals surface area contributed by atoms with Crippen LogP contribution in [0.25, 0.3) is 0 Å². The van der Waals surface area contributed by atoms with Crippen molar-refractivity contribution >= 4 is 38.9 Å². The molecule has 0 N–H and O–H groups in total. The molecule has 0 radical (unpaired) electrons. The van der Waals surface area contributed by atoms with E-state index in [4.69, 9.17) is 11.6 Å². The summed E-state index contributed by atoms with van der Waals surface area (Å²) in [5.41, 5.74) is 0.513. The van der Waals surface area contributed by atoms with Crippen LogP contribution < -0.4 is 0 Å². The maximum Gasteiger partial charge on any atom is 0.129 e. The second kappa shape index (κ2) is 5.51. The van der Waals surface area contributed by atoms with E-state index in [0.29, 0.717) is 10.0 Å². The third kappa shape index (κ3) is 2.72. The van der Waals surface area contributed by atoms with Gasteiger partial charge in [0.25, 0.3) is 0 Å². The quantitative estimate of drug-likeness (QED) is 0.647. The average Bonchev–Trinajstić information content (AvgIpc) is 2.77. The summed E-state index contributed by atoms with van der Waals surface area (Å²) in [7, 11) is 0. The lowest BCUT2D eigenvalue weighted by Gasteiger charge is -2.11. The van der Waals surface area contributed by atoms with Crippen molar-refractivity contribution in [3.63, 3.8) is 0 Å². The van der Waals surface area contributed by atoms with Crippen LogP contribution in [0.5, 0.6) is 0 Å². The maximum absolute atomic E-state index is 13.8. The van der Waals surface area contributed by atoms with Crippen LogP contribution in [0.2, 0.25) is 0 Å². The molecule has 1 atom stereocenters. The van der Waals surface area contributed by atoms with Gasteiger partial charge in [-0.1, -0.05) is 28.9 Å². The molecular weight excluding hydrogens is 323 g/mol. The summed E-state index contributed by atoms with van der Waals surface area (Å²) < 4.78 is 14.5. The van der Waals surface area contributed by atoms with Crippen LogP contribution in [0.4, 0.5) is 4.39 Å². The lowest BCUT2D eigenvalue weighted by molar-refractivity contribution is 0.611. The predicted octanol–water partition coefficient (Wildman–Crippen LogP) is 5.54. The molecule has 0 bridgehead atoms. The summed E-state index contributed by atoms with van der Waals surface area (Å²) in [6.07, 6.45) is 0.979. The zero-order valence-electron chi connectivity index (χ0n) is 9.21. The standard InChI is InChI=1S/C13H11BrClFS/c1-2-8-6-7-11(17-8)13(15)12-9(14)4-3-5-10(12)16/h3-7,13H,2H2,1H3. The van der Waals surface area contributed by atoms with Crippen molar-refractivity contribution in [1.82, 2.24) is 0 Å². The first-order chi connectivity index (χ1) is 8.13. The molecular formula is C13H11BrClFS. The molecule has 0 fully saturated rings. The minimum atomic E-state index is -0.434. The van der Waals surface area contributed by atoms with Crippen LogP contribution in [0, 0.1) is 5.82 Å². The highest BCUT2D eigenvalue weighted by molar-refractivity contribution is 9.10. The smallest absolute Gasteiger partial charge is 0.129 e. The number of hydrogen-bond acceptors (Lipinski definition) is 1. The van der Waals surface area contributed by atoms with E-state index in [9.17, 15) is 4.39 Å². The number of halogens is 3. The van der Waals surface area contributed by atoms with Crippen molar-refractivity contribution < 1.29 is 4.39 Å². The topological polar surface area (TPSA) is 0 Å². The van der Waals surface area contributed by atoms with Gasteiger partial charge in [-0.3, -0.25) is 0 Å². The summed E-state index contributed by atoms with van der Waals surface area (Å²) in [6, 6.07) is 8.93. The second-order valence-corrected chi connectivity index (χ2v) is 6.15. The molecule has 90 valence electrons. The molecule has 0 aliphatic heterocycles. The number of rotatable bonds is 3. The molecule has 2 aromatic rings. The number of hydrogen-bond donors (Lipinski definition) is 0. The van der Waals surface area contributed by atoms with Crippen molar-refractivity contribution in [2.75, 3.05) is 0 Å². The van der Waals surface area contributed by atoms with Crippen molar-refractivity contribution in [3.8, 4) is 0 Å². The van der Waals surface area contributed by atoms with Crippen molar-refractivity contribution in [2.45, 2.75) is 18.7 Å². The molecule has 0 saturated carbocycles. The third-order valence-electron chi connectivity index (χ3n) is 2.53. The summed E-state index contributed by atoms with van der Waals surface area (Å²) >= 11 is 11.3. The molecule has 0 aliphatic carbocycles. The highest BCUT2D eigenvalue weighted by Crippen LogP contribution is 2.38. The normalized spacial score (nSPS) is 12.7. The summed E-state index contributed by atoms with van der Waals surface area (Å²) in [6.45, 7) is 2.10. The van der Waals surface area contributed by atoms with E-state index in [0.717, 1.165) is 11.3 Å². The molecule has 17 heavy (non-hydrogen) atoms. The van der Waals surface area contributed by atoms with E-state index >= 15 is 0 Å². The SMILES string of the molecule is CCc1ccc(C(Cl)c2c(F)cccc2Br)s1. The van der Waals surface area contributed by atoms with Gasteiger partial charge >= 0.3 is 0 Å². The van der Waals surface area contributed by atoms with Crippen molar-refractivity contribution in [3.05, 3.63) is 55.9 Å². The Hall–Kier alpha value is -0.380. The van der Waals surface area contributed by atoms with Gasteiger partial charge in [0.2, 0.25) is 0 Å². The van der Waals surface area contributed by atoms with Gasteiger partial charge in [-0.05, 0) is 30.7 Å². The Balaban J connectivity index is 2.39. The van der Waals surface area contributed by atoms with Crippen LogP contribution in [0.15, 0.2) is 34.8 Å². The van der Waals surface area contributed by atoms with Gasteiger partial charge < -0.3 is 0 Å².